The quantitative estimate of drug-likeness (QED) is 0.587. The molecule has 29 heavy (non-hydrogen) atoms. The molecule has 0 spiro atoms. The molecule has 0 aromatic carbocycles. The highest BCUT2D eigenvalue weighted by Gasteiger charge is 2.30. The van der Waals surface area contributed by atoms with Gasteiger partial charge in [-0.2, -0.15) is 18.4 Å². The summed E-state index contributed by atoms with van der Waals surface area (Å²) in [5.41, 5.74) is 0.400. The molecule has 3 aromatic rings. The van der Waals surface area contributed by atoms with Crippen LogP contribution in [0.25, 0.3) is 5.65 Å². The van der Waals surface area contributed by atoms with E-state index >= 15 is 0 Å². The molecule has 8 nitrogen and oxygen atoms in total. The van der Waals surface area contributed by atoms with E-state index in [1.54, 1.807) is 19.2 Å². The van der Waals surface area contributed by atoms with Crippen LogP contribution in [0.3, 0.4) is 0 Å². The number of halogens is 2. The Balaban J connectivity index is 1.72. The zero-order chi connectivity index (χ0) is 20.6. The van der Waals surface area contributed by atoms with Crippen molar-refractivity contribution in [2.45, 2.75) is 38.2 Å². The van der Waals surface area contributed by atoms with E-state index in [0.717, 1.165) is 26.2 Å². The minimum absolute atomic E-state index is 0.138. The van der Waals surface area contributed by atoms with Crippen molar-refractivity contribution < 1.29 is 13.6 Å². The number of hydrogen-bond acceptors (Lipinski definition) is 6. The number of anilines is 3. The third kappa shape index (κ3) is 3.69. The Labute approximate surface area is 165 Å². The summed E-state index contributed by atoms with van der Waals surface area (Å²) in [6.07, 6.45) is 5.79. The lowest BCUT2D eigenvalue weighted by Crippen LogP contribution is -2.39. The molecular weight excluding hydrogens is 380 g/mol. The van der Waals surface area contributed by atoms with Crippen LogP contribution in [0, 0.1) is 0 Å². The Morgan fingerprint density at radius 2 is 2.14 bits per heavy atom. The van der Waals surface area contributed by atoms with E-state index in [4.69, 9.17) is 0 Å². The number of nitrogens with zero attached hydrogens (tertiary/aromatic N) is 4. The topological polar surface area (TPSA) is 96.2 Å². The molecule has 0 atom stereocenters. The molecule has 1 aliphatic rings. The standard InChI is InChI=1S/C19H21F2N7O/c1-19(20,21)16-13(7-4-8-23-16)26-14-9-15(22-2)28-17(27-14)12(10-24-28)18(29)25-11-5-3-6-11/h4,7-11,22H,3,5-6H2,1-2H3,(H,25,29)(H,26,27). The van der Waals surface area contributed by atoms with Gasteiger partial charge in [-0.15, -0.1) is 0 Å². The van der Waals surface area contributed by atoms with Gasteiger partial charge in [0.1, 0.15) is 22.9 Å². The van der Waals surface area contributed by atoms with Crippen LogP contribution >= 0.6 is 0 Å². The molecule has 3 aromatic heterocycles. The van der Waals surface area contributed by atoms with Crippen LogP contribution in [0.5, 0.6) is 0 Å². The molecule has 1 aliphatic carbocycles. The van der Waals surface area contributed by atoms with Gasteiger partial charge in [0.05, 0.1) is 11.9 Å². The number of carbonyl (C=O) groups excluding carboxylic acids is 1. The highest BCUT2D eigenvalue weighted by atomic mass is 19.3. The lowest BCUT2D eigenvalue weighted by atomic mass is 9.93. The molecule has 4 rings (SSSR count). The predicted octanol–water partition coefficient (Wildman–Crippen LogP) is 3.30. The van der Waals surface area contributed by atoms with Gasteiger partial charge in [-0.3, -0.25) is 9.78 Å². The Kier molecular flexibility index (Phi) is 4.77. The number of alkyl halides is 2. The van der Waals surface area contributed by atoms with Crippen LogP contribution in [0.4, 0.5) is 26.1 Å². The number of fused-ring (bicyclic) bond motifs is 1. The van der Waals surface area contributed by atoms with Crippen LogP contribution in [-0.4, -0.2) is 38.6 Å². The summed E-state index contributed by atoms with van der Waals surface area (Å²) in [5, 5.41) is 13.1. The number of hydrogen-bond donors (Lipinski definition) is 3. The highest BCUT2D eigenvalue weighted by Crippen LogP contribution is 2.32. The number of aromatic nitrogens is 4. The van der Waals surface area contributed by atoms with E-state index in [2.05, 4.69) is 31.0 Å². The van der Waals surface area contributed by atoms with Crippen molar-refractivity contribution in [1.82, 2.24) is 24.9 Å². The Morgan fingerprint density at radius 3 is 2.79 bits per heavy atom. The van der Waals surface area contributed by atoms with Crippen molar-refractivity contribution in [3.63, 3.8) is 0 Å². The Bertz CT molecular complexity index is 1060. The van der Waals surface area contributed by atoms with E-state index < -0.39 is 5.92 Å². The zero-order valence-corrected chi connectivity index (χ0v) is 16.0. The molecule has 0 bridgehead atoms. The molecule has 10 heteroatoms. The van der Waals surface area contributed by atoms with Gasteiger partial charge in [-0.1, -0.05) is 0 Å². The number of carbonyl (C=O) groups is 1. The molecule has 152 valence electrons. The lowest BCUT2D eigenvalue weighted by molar-refractivity contribution is 0.0136. The van der Waals surface area contributed by atoms with E-state index in [1.165, 1.54) is 23.0 Å². The predicted molar refractivity (Wildman–Crippen MR) is 105 cm³/mol. The van der Waals surface area contributed by atoms with Crippen LogP contribution in [0.15, 0.2) is 30.6 Å². The first kappa shape index (κ1) is 19.0. The van der Waals surface area contributed by atoms with Crippen molar-refractivity contribution in [3.05, 3.63) is 41.9 Å². The maximum atomic E-state index is 13.9. The summed E-state index contributed by atoms with van der Waals surface area (Å²) in [7, 11) is 1.70. The lowest BCUT2D eigenvalue weighted by Gasteiger charge is -2.26. The van der Waals surface area contributed by atoms with Gasteiger partial charge in [0.2, 0.25) is 0 Å². The van der Waals surface area contributed by atoms with Crippen LogP contribution in [-0.2, 0) is 5.92 Å². The number of nitrogens with one attached hydrogen (secondary N) is 3. The van der Waals surface area contributed by atoms with E-state index in [-0.39, 0.29) is 23.3 Å². The van der Waals surface area contributed by atoms with E-state index in [9.17, 15) is 13.6 Å². The van der Waals surface area contributed by atoms with Gasteiger partial charge in [-0.25, -0.2) is 4.98 Å². The molecule has 0 saturated heterocycles. The van der Waals surface area contributed by atoms with Crippen molar-refractivity contribution in [1.29, 1.82) is 0 Å². The summed E-state index contributed by atoms with van der Waals surface area (Å²) in [6, 6.07) is 4.86. The van der Waals surface area contributed by atoms with Crippen LogP contribution in [0.1, 0.15) is 42.2 Å². The minimum atomic E-state index is -3.12. The van der Waals surface area contributed by atoms with Crippen molar-refractivity contribution in [2.75, 3.05) is 17.7 Å². The smallest absolute Gasteiger partial charge is 0.289 e. The van der Waals surface area contributed by atoms with Crippen molar-refractivity contribution in [2.24, 2.45) is 0 Å². The third-order valence-electron chi connectivity index (χ3n) is 4.90. The van der Waals surface area contributed by atoms with Crippen LogP contribution in [0.2, 0.25) is 0 Å². The molecule has 3 heterocycles. The number of rotatable bonds is 6. The first-order chi connectivity index (χ1) is 13.9. The van der Waals surface area contributed by atoms with Gasteiger partial charge in [0.25, 0.3) is 11.8 Å². The molecule has 1 amide bonds. The summed E-state index contributed by atoms with van der Waals surface area (Å²) in [5.74, 6) is -2.53. The van der Waals surface area contributed by atoms with Gasteiger partial charge in [0.15, 0.2) is 5.65 Å². The fraction of sp³-hybridized carbons (Fsp3) is 0.368. The third-order valence-corrected chi connectivity index (χ3v) is 4.90. The minimum Gasteiger partial charge on any atom is -0.373 e. The van der Waals surface area contributed by atoms with Crippen molar-refractivity contribution >= 4 is 28.9 Å². The number of pyridine rings is 1. The monoisotopic (exact) mass is 401 g/mol. The Hall–Kier alpha value is -3.30. The molecular formula is C19H21F2N7O. The fourth-order valence-electron chi connectivity index (χ4n) is 3.17. The average molecular weight is 401 g/mol. The largest absolute Gasteiger partial charge is 0.373 e. The number of amides is 1. The van der Waals surface area contributed by atoms with E-state index in [0.29, 0.717) is 22.8 Å². The molecule has 1 saturated carbocycles. The van der Waals surface area contributed by atoms with Gasteiger partial charge in [0, 0.05) is 32.3 Å². The molecule has 0 radical (unpaired) electrons. The second-order valence-corrected chi connectivity index (χ2v) is 7.08. The van der Waals surface area contributed by atoms with Gasteiger partial charge in [-0.05, 0) is 31.4 Å². The molecule has 1 fully saturated rings. The van der Waals surface area contributed by atoms with Gasteiger partial charge < -0.3 is 16.0 Å². The van der Waals surface area contributed by atoms with Crippen molar-refractivity contribution in [3.8, 4) is 0 Å². The van der Waals surface area contributed by atoms with E-state index in [1.807, 2.05) is 0 Å². The van der Waals surface area contributed by atoms with Gasteiger partial charge >= 0.3 is 0 Å². The summed E-state index contributed by atoms with van der Waals surface area (Å²) in [4.78, 5) is 20.9. The average Bonchev–Trinajstić information content (AvgIpc) is 3.07. The molecule has 0 unspecified atom stereocenters. The SMILES string of the molecule is CNc1cc(Nc2cccnc2C(C)(F)F)nc2c(C(=O)NC3CCC3)cnn12. The summed E-state index contributed by atoms with van der Waals surface area (Å²) in [6.45, 7) is 0.788. The second-order valence-electron chi connectivity index (χ2n) is 7.08. The summed E-state index contributed by atoms with van der Waals surface area (Å²) >= 11 is 0. The Morgan fingerprint density at radius 1 is 1.34 bits per heavy atom. The molecule has 3 N–H and O–H groups in total. The van der Waals surface area contributed by atoms with Crippen LogP contribution < -0.4 is 16.0 Å². The maximum Gasteiger partial charge on any atom is 0.289 e. The summed E-state index contributed by atoms with van der Waals surface area (Å²) < 4.78 is 29.3. The first-order valence-corrected chi connectivity index (χ1v) is 9.34. The molecule has 0 aliphatic heterocycles. The zero-order valence-electron chi connectivity index (χ0n) is 16.0. The highest BCUT2D eigenvalue weighted by molar-refractivity contribution is 6.00. The fourth-order valence-corrected chi connectivity index (χ4v) is 3.17. The first-order valence-electron chi connectivity index (χ1n) is 9.34. The second kappa shape index (κ2) is 7.26. The maximum absolute atomic E-state index is 13.9. The normalized spacial score (nSPS) is 14.5.